The Balaban J connectivity index is 2.28. The van der Waals surface area contributed by atoms with Gasteiger partial charge in [-0.1, -0.05) is 19.1 Å². The van der Waals surface area contributed by atoms with Gasteiger partial charge in [0.05, 0.1) is 11.8 Å². The van der Waals surface area contributed by atoms with Crippen molar-refractivity contribution in [1.29, 1.82) is 0 Å². The minimum atomic E-state index is -3.16. The fourth-order valence-corrected chi connectivity index (χ4v) is 2.48. The summed E-state index contributed by atoms with van der Waals surface area (Å²) in [6, 6.07) is 5.19. The van der Waals surface area contributed by atoms with Gasteiger partial charge in [0.1, 0.15) is 11.5 Å². The Morgan fingerprint density at radius 1 is 1.40 bits per heavy atom. The number of halogens is 2. The van der Waals surface area contributed by atoms with E-state index in [0.717, 1.165) is 18.4 Å². The molecule has 0 amide bonds. The van der Waals surface area contributed by atoms with Gasteiger partial charge in [0.15, 0.2) is 0 Å². The lowest BCUT2D eigenvalue weighted by molar-refractivity contribution is -0.181. The first-order valence-electron chi connectivity index (χ1n) is 7.00. The minimum absolute atomic E-state index is 0.0904. The molecule has 2 rings (SSSR count). The van der Waals surface area contributed by atoms with E-state index in [1.807, 2.05) is 6.07 Å². The zero-order chi connectivity index (χ0) is 15.0. The van der Waals surface area contributed by atoms with Crippen molar-refractivity contribution < 1.29 is 18.3 Å². The number of ketones is 1. The molecule has 2 nitrogen and oxygen atoms in total. The maximum Gasteiger partial charge on any atom is 0.397 e. The average Bonchev–Trinajstić information content (AvgIpc) is 3.12. The monoisotopic (exact) mass is 282 g/mol. The number of hydrogen-bond acceptors (Lipinski definition) is 2. The molecular formula is C16H20F2O2. The van der Waals surface area contributed by atoms with Crippen molar-refractivity contribution in [2.75, 3.05) is 0 Å². The molecule has 1 aromatic rings. The average molecular weight is 282 g/mol. The normalized spacial score (nSPS) is 16.9. The molecule has 4 heteroatoms. The lowest BCUT2D eigenvalue weighted by Gasteiger charge is -2.20. The lowest BCUT2D eigenvalue weighted by atomic mass is 9.91. The number of benzene rings is 1. The number of hydrogen-bond donors (Lipinski definition) is 0. The van der Waals surface area contributed by atoms with E-state index < -0.39 is 11.5 Å². The van der Waals surface area contributed by atoms with Gasteiger partial charge in [-0.25, -0.2) is 0 Å². The maximum atomic E-state index is 13.6. The molecule has 1 aliphatic rings. The highest BCUT2D eigenvalue weighted by molar-refractivity contribution is 5.91. The molecule has 0 radical (unpaired) electrons. The number of carbonyl (C=O) groups is 1. The van der Waals surface area contributed by atoms with E-state index >= 15 is 0 Å². The molecule has 0 atom stereocenters. The Hall–Kier alpha value is -1.45. The Kier molecular flexibility index (Phi) is 3.85. The molecule has 0 bridgehead atoms. The van der Waals surface area contributed by atoms with Crippen molar-refractivity contribution in [1.82, 2.24) is 0 Å². The van der Waals surface area contributed by atoms with Gasteiger partial charge in [-0.05, 0) is 50.3 Å². The second kappa shape index (κ2) is 5.15. The largest absolute Gasteiger partial charge is 0.432 e. The molecule has 0 aliphatic heterocycles. The summed E-state index contributed by atoms with van der Waals surface area (Å²) in [7, 11) is 0. The predicted molar refractivity (Wildman–Crippen MR) is 73.3 cm³/mol. The van der Waals surface area contributed by atoms with Gasteiger partial charge in [0.2, 0.25) is 0 Å². The number of rotatable bonds is 6. The fraction of sp³-hybridized carbons (Fsp3) is 0.562. The summed E-state index contributed by atoms with van der Waals surface area (Å²) in [6.07, 6.45) is -1.55. The summed E-state index contributed by atoms with van der Waals surface area (Å²) in [4.78, 5) is 11.7. The molecule has 0 aromatic heterocycles. The summed E-state index contributed by atoms with van der Waals surface area (Å²) < 4.78 is 32.1. The number of Topliss-reactive ketones (excluding diaryl/α,β-unsaturated/α-hetero) is 1. The van der Waals surface area contributed by atoms with Crippen LogP contribution in [0.4, 0.5) is 8.78 Å². The van der Waals surface area contributed by atoms with Gasteiger partial charge in [0, 0.05) is 0 Å². The van der Waals surface area contributed by atoms with Crippen molar-refractivity contribution in [3.05, 3.63) is 29.3 Å². The van der Waals surface area contributed by atoms with Crippen LogP contribution in [0.25, 0.3) is 0 Å². The van der Waals surface area contributed by atoms with Crippen LogP contribution in [-0.4, -0.2) is 11.9 Å². The first-order valence-corrected chi connectivity index (χ1v) is 7.00. The summed E-state index contributed by atoms with van der Waals surface area (Å²) in [5.74, 6) is 0.265. The van der Waals surface area contributed by atoms with Crippen LogP contribution in [0.3, 0.4) is 0 Å². The van der Waals surface area contributed by atoms with Gasteiger partial charge in [-0.2, -0.15) is 8.78 Å². The number of ether oxygens (including phenoxy) is 1. The van der Waals surface area contributed by atoms with Crippen molar-refractivity contribution >= 4 is 5.78 Å². The lowest BCUT2D eigenvalue weighted by Crippen LogP contribution is -2.25. The van der Waals surface area contributed by atoms with Crippen LogP contribution in [0, 0.1) is 6.92 Å². The Labute approximate surface area is 118 Å². The van der Waals surface area contributed by atoms with Gasteiger partial charge in [-0.15, -0.1) is 0 Å². The second-order valence-corrected chi connectivity index (χ2v) is 5.61. The molecule has 0 heterocycles. The van der Waals surface area contributed by atoms with Gasteiger partial charge in [0.25, 0.3) is 0 Å². The number of carbonyl (C=O) groups excluding carboxylic acids is 1. The van der Waals surface area contributed by atoms with Crippen LogP contribution < -0.4 is 4.74 Å². The molecule has 0 N–H and O–H groups in total. The van der Waals surface area contributed by atoms with Crippen LogP contribution in [0.2, 0.25) is 0 Å². The highest BCUT2D eigenvalue weighted by atomic mass is 19.3. The third-order valence-electron chi connectivity index (χ3n) is 3.96. The van der Waals surface area contributed by atoms with Crippen LogP contribution >= 0.6 is 0 Å². The number of aryl methyl sites for hydroxylation is 1. The molecule has 0 unspecified atom stereocenters. The highest BCUT2D eigenvalue weighted by Gasteiger charge is 2.49. The summed E-state index contributed by atoms with van der Waals surface area (Å²) in [5, 5.41) is 0. The van der Waals surface area contributed by atoms with Gasteiger partial charge < -0.3 is 4.74 Å². The van der Waals surface area contributed by atoms with E-state index in [9.17, 15) is 13.6 Å². The zero-order valence-corrected chi connectivity index (χ0v) is 12.1. The summed E-state index contributed by atoms with van der Waals surface area (Å²) in [5.41, 5.74) is 0.980. The van der Waals surface area contributed by atoms with Crippen molar-refractivity contribution in [2.45, 2.75) is 58.0 Å². The third kappa shape index (κ3) is 2.84. The molecule has 20 heavy (non-hydrogen) atoms. The Morgan fingerprint density at radius 3 is 2.55 bits per heavy atom. The smallest absolute Gasteiger partial charge is 0.397 e. The molecule has 0 saturated heterocycles. The predicted octanol–water partition coefficient (Wildman–Crippen LogP) is 4.39. The van der Waals surface area contributed by atoms with Crippen molar-refractivity contribution in [2.24, 2.45) is 0 Å². The standard InChI is InChI=1S/C16H20F2O2/c1-4-7-16(17,18)20-14-10-13(6-5-11(14)2)15(8-9-15)12(3)19/h5-6,10H,4,7-9H2,1-3H3. The molecule has 110 valence electrons. The molecule has 1 aromatic carbocycles. The topological polar surface area (TPSA) is 26.3 Å². The Bertz CT molecular complexity index is 519. The highest BCUT2D eigenvalue weighted by Crippen LogP contribution is 2.50. The van der Waals surface area contributed by atoms with Crippen molar-refractivity contribution in [3.63, 3.8) is 0 Å². The van der Waals surface area contributed by atoms with E-state index in [-0.39, 0.29) is 18.0 Å². The first kappa shape index (κ1) is 14.9. The summed E-state index contributed by atoms with van der Waals surface area (Å²) in [6.45, 7) is 4.98. The zero-order valence-electron chi connectivity index (χ0n) is 12.1. The first-order chi connectivity index (χ1) is 9.31. The van der Waals surface area contributed by atoms with E-state index in [1.54, 1.807) is 32.9 Å². The molecule has 0 spiro atoms. The maximum absolute atomic E-state index is 13.6. The van der Waals surface area contributed by atoms with E-state index in [1.165, 1.54) is 0 Å². The van der Waals surface area contributed by atoms with E-state index in [2.05, 4.69) is 0 Å². The molecule has 1 aliphatic carbocycles. The van der Waals surface area contributed by atoms with Gasteiger partial charge in [-0.3, -0.25) is 4.79 Å². The summed E-state index contributed by atoms with van der Waals surface area (Å²) >= 11 is 0. The Morgan fingerprint density at radius 2 is 2.05 bits per heavy atom. The molecular weight excluding hydrogens is 262 g/mol. The van der Waals surface area contributed by atoms with Crippen molar-refractivity contribution in [3.8, 4) is 5.75 Å². The van der Waals surface area contributed by atoms with Crippen LogP contribution in [0.15, 0.2) is 18.2 Å². The quantitative estimate of drug-likeness (QED) is 0.773. The molecule has 1 fully saturated rings. The SMILES string of the molecule is CCCC(F)(F)Oc1cc(C2(C(C)=O)CC2)ccc1C. The number of alkyl halides is 2. The van der Waals surface area contributed by atoms with E-state index in [0.29, 0.717) is 12.0 Å². The van der Waals surface area contributed by atoms with Crippen LogP contribution in [-0.2, 0) is 10.2 Å². The molecule has 1 saturated carbocycles. The third-order valence-corrected chi connectivity index (χ3v) is 3.96. The fourth-order valence-electron chi connectivity index (χ4n) is 2.48. The second-order valence-electron chi connectivity index (χ2n) is 5.61. The van der Waals surface area contributed by atoms with E-state index in [4.69, 9.17) is 4.74 Å². The van der Waals surface area contributed by atoms with Crippen LogP contribution in [0.1, 0.15) is 50.7 Å². The van der Waals surface area contributed by atoms with Crippen LogP contribution in [0.5, 0.6) is 5.75 Å². The van der Waals surface area contributed by atoms with Gasteiger partial charge >= 0.3 is 6.11 Å². The minimum Gasteiger partial charge on any atom is -0.432 e.